The maximum absolute atomic E-state index is 5.35. The van der Waals surface area contributed by atoms with Crippen LogP contribution in [0.1, 0.15) is 30.5 Å². The molecule has 0 aliphatic carbocycles. The van der Waals surface area contributed by atoms with Crippen LogP contribution in [0.15, 0.2) is 10.4 Å². The standard InChI is InChI=1S/C13H22N4OS.HI/c1-3-12-16-11(9-19-12)8-15-13(14-2)17-10-4-6-18-7-5-10;/h9-10H,3-8H2,1-2H3,(H2,14,15,17);1H. The summed E-state index contributed by atoms with van der Waals surface area (Å²) in [6.45, 7) is 4.52. The lowest BCUT2D eigenvalue weighted by Crippen LogP contribution is -2.45. The van der Waals surface area contributed by atoms with Gasteiger partial charge in [-0.05, 0) is 19.3 Å². The SMILES string of the molecule is CCc1nc(CNC(=NC)NC2CCOCC2)cs1.I. The van der Waals surface area contributed by atoms with Gasteiger partial charge in [0.25, 0.3) is 0 Å². The summed E-state index contributed by atoms with van der Waals surface area (Å²) in [6.07, 6.45) is 3.08. The molecule has 2 heterocycles. The minimum atomic E-state index is 0. The Morgan fingerprint density at radius 1 is 1.50 bits per heavy atom. The number of halogens is 1. The Bertz CT molecular complexity index is 418. The molecule has 0 spiro atoms. The van der Waals surface area contributed by atoms with E-state index in [1.807, 2.05) is 0 Å². The summed E-state index contributed by atoms with van der Waals surface area (Å²) in [6, 6.07) is 0.460. The molecular formula is C13H23IN4OS. The molecule has 0 bridgehead atoms. The molecule has 0 amide bonds. The molecule has 1 saturated heterocycles. The van der Waals surface area contributed by atoms with Crippen LogP contribution in [-0.2, 0) is 17.7 Å². The molecule has 5 nitrogen and oxygen atoms in total. The van der Waals surface area contributed by atoms with Gasteiger partial charge in [0.15, 0.2) is 5.96 Å². The molecule has 20 heavy (non-hydrogen) atoms. The average Bonchev–Trinajstić information content (AvgIpc) is 2.92. The highest BCUT2D eigenvalue weighted by atomic mass is 127. The first kappa shape index (κ1) is 17.6. The van der Waals surface area contributed by atoms with Crippen LogP contribution in [0.3, 0.4) is 0 Å². The zero-order valence-corrected chi connectivity index (χ0v) is 15.2. The van der Waals surface area contributed by atoms with E-state index in [2.05, 4.69) is 32.9 Å². The molecule has 7 heteroatoms. The third-order valence-corrected chi connectivity index (χ3v) is 4.17. The molecule has 1 aromatic heterocycles. The molecule has 1 aliphatic heterocycles. The number of aliphatic imine (C=N–C) groups is 1. The minimum absolute atomic E-state index is 0. The van der Waals surface area contributed by atoms with Crippen molar-refractivity contribution >= 4 is 41.3 Å². The fourth-order valence-electron chi connectivity index (χ4n) is 2.00. The quantitative estimate of drug-likeness (QED) is 0.454. The average molecular weight is 410 g/mol. The molecule has 1 aliphatic rings. The van der Waals surface area contributed by atoms with E-state index in [1.54, 1.807) is 18.4 Å². The van der Waals surface area contributed by atoms with Gasteiger partial charge in [0.05, 0.1) is 17.2 Å². The molecule has 0 radical (unpaired) electrons. The van der Waals surface area contributed by atoms with Crippen molar-refractivity contribution in [1.29, 1.82) is 0 Å². The predicted octanol–water partition coefficient (Wildman–Crippen LogP) is 2.17. The van der Waals surface area contributed by atoms with Crippen LogP contribution in [0.2, 0.25) is 0 Å². The van der Waals surface area contributed by atoms with Crippen LogP contribution in [0.4, 0.5) is 0 Å². The zero-order valence-electron chi connectivity index (χ0n) is 12.0. The fourth-order valence-corrected chi connectivity index (χ4v) is 2.74. The van der Waals surface area contributed by atoms with Crippen molar-refractivity contribution < 1.29 is 4.74 Å². The molecule has 2 rings (SSSR count). The normalized spacial score (nSPS) is 16.6. The number of ether oxygens (including phenoxy) is 1. The lowest BCUT2D eigenvalue weighted by Gasteiger charge is -2.24. The number of guanidine groups is 1. The number of aromatic nitrogens is 1. The second-order valence-electron chi connectivity index (χ2n) is 4.54. The highest BCUT2D eigenvalue weighted by molar-refractivity contribution is 14.0. The number of nitrogens with zero attached hydrogens (tertiary/aromatic N) is 2. The summed E-state index contributed by atoms with van der Waals surface area (Å²) in [5.41, 5.74) is 1.08. The second-order valence-corrected chi connectivity index (χ2v) is 5.49. The topological polar surface area (TPSA) is 58.5 Å². The largest absolute Gasteiger partial charge is 0.381 e. The van der Waals surface area contributed by atoms with Crippen molar-refractivity contribution in [1.82, 2.24) is 15.6 Å². The van der Waals surface area contributed by atoms with Crippen LogP contribution >= 0.6 is 35.3 Å². The molecule has 1 aromatic rings. The van der Waals surface area contributed by atoms with Gasteiger partial charge in [-0.3, -0.25) is 4.99 Å². The Kier molecular flexibility index (Phi) is 8.39. The summed E-state index contributed by atoms with van der Waals surface area (Å²) in [4.78, 5) is 8.79. The third-order valence-electron chi connectivity index (χ3n) is 3.12. The molecule has 1 fully saturated rings. The summed E-state index contributed by atoms with van der Waals surface area (Å²) in [7, 11) is 1.80. The molecule has 0 atom stereocenters. The number of aryl methyl sites for hydroxylation is 1. The Morgan fingerprint density at radius 3 is 2.85 bits per heavy atom. The van der Waals surface area contributed by atoms with Gasteiger partial charge in [-0.25, -0.2) is 4.98 Å². The molecular weight excluding hydrogens is 387 g/mol. The van der Waals surface area contributed by atoms with E-state index in [0.717, 1.165) is 50.7 Å². The number of nitrogens with one attached hydrogen (secondary N) is 2. The zero-order chi connectivity index (χ0) is 13.5. The first-order valence-corrected chi connectivity index (χ1v) is 7.68. The van der Waals surface area contributed by atoms with E-state index >= 15 is 0 Å². The first-order valence-electron chi connectivity index (χ1n) is 6.80. The highest BCUT2D eigenvalue weighted by Gasteiger charge is 2.14. The molecule has 0 aromatic carbocycles. The van der Waals surface area contributed by atoms with Crippen LogP contribution in [0.5, 0.6) is 0 Å². The Morgan fingerprint density at radius 2 is 2.25 bits per heavy atom. The van der Waals surface area contributed by atoms with Crippen molar-refractivity contribution in [2.75, 3.05) is 20.3 Å². The molecule has 0 unspecified atom stereocenters. The van der Waals surface area contributed by atoms with E-state index in [1.165, 1.54) is 5.01 Å². The third kappa shape index (κ3) is 5.53. The van der Waals surface area contributed by atoms with Gasteiger partial charge in [0, 0.05) is 31.7 Å². The number of rotatable bonds is 4. The van der Waals surface area contributed by atoms with E-state index in [0.29, 0.717) is 6.04 Å². The molecule has 2 N–H and O–H groups in total. The van der Waals surface area contributed by atoms with Gasteiger partial charge in [-0.2, -0.15) is 0 Å². The maximum atomic E-state index is 5.35. The Balaban J connectivity index is 0.00000200. The number of hydrogen-bond donors (Lipinski definition) is 2. The van der Waals surface area contributed by atoms with Crippen molar-refractivity contribution in [2.45, 2.75) is 38.8 Å². The van der Waals surface area contributed by atoms with E-state index in [9.17, 15) is 0 Å². The lowest BCUT2D eigenvalue weighted by atomic mass is 10.1. The van der Waals surface area contributed by atoms with Crippen molar-refractivity contribution in [3.63, 3.8) is 0 Å². The Hall–Kier alpha value is -0.410. The minimum Gasteiger partial charge on any atom is -0.381 e. The van der Waals surface area contributed by atoms with Crippen molar-refractivity contribution in [3.05, 3.63) is 16.1 Å². The van der Waals surface area contributed by atoms with E-state index in [4.69, 9.17) is 4.74 Å². The van der Waals surface area contributed by atoms with Gasteiger partial charge in [-0.1, -0.05) is 6.92 Å². The number of thiazole rings is 1. The summed E-state index contributed by atoms with van der Waals surface area (Å²) >= 11 is 1.72. The van der Waals surface area contributed by atoms with Gasteiger partial charge in [0.1, 0.15) is 0 Å². The Labute approximate surface area is 141 Å². The van der Waals surface area contributed by atoms with Crippen LogP contribution in [-0.4, -0.2) is 37.2 Å². The van der Waals surface area contributed by atoms with Crippen LogP contribution in [0.25, 0.3) is 0 Å². The van der Waals surface area contributed by atoms with Crippen LogP contribution < -0.4 is 10.6 Å². The maximum Gasteiger partial charge on any atom is 0.191 e. The highest BCUT2D eigenvalue weighted by Crippen LogP contribution is 2.10. The van der Waals surface area contributed by atoms with E-state index < -0.39 is 0 Å². The molecule has 114 valence electrons. The number of hydrogen-bond acceptors (Lipinski definition) is 4. The predicted molar refractivity (Wildman–Crippen MR) is 94.1 cm³/mol. The first-order chi connectivity index (χ1) is 9.31. The summed E-state index contributed by atoms with van der Waals surface area (Å²) in [5, 5.41) is 10.0. The summed E-state index contributed by atoms with van der Waals surface area (Å²) < 4.78 is 5.35. The smallest absolute Gasteiger partial charge is 0.191 e. The van der Waals surface area contributed by atoms with Crippen LogP contribution in [0, 0.1) is 0 Å². The van der Waals surface area contributed by atoms with Gasteiger partial charge < -0.3 is 15.4 Å². The summed E-state index contributed by atoms with van der Waals surface area (Å²) in [5.74, 6) is 0.845. The molecule has 0 saturated carbocycles. The van der Waals surface area contributed by atoms with Gasteiger partial charge >= 0.3 is 0 Å². The van der Waals surface area contributed by atoms with E-state index in [-0.39, 0.29) is 24.0 Å². The van der Waals surface area contributed by atoms with Crippen molar-refractivity contribution in [3.8, 4) is 0 Å². The lowest BCUT2D eigenvalue weighted by molar-refractivity contribution is 0.0822. The second kappa shape index (κ2) is 9.51. The van der Waals surface area contributed by atoms with Gasteiger partial charge in [0.2, 0.25) is 0 Å². The monoisotopic (exact) mass is 410 g/mol. The van der Waals surface area contributed by atoms with Crippen molar-refractivity contribution in [2.24, 2.45) is 4.99 Å². The van der Waals surface area contributed by atoms with Gasteiger partial charge in [-0.15, -0.1) is 35.3 Å². The fraction of sp³-hybridized carbons (Fsp3) is 0.692.